The van der Waals surface area contributed by atoms with Crippen LogP contribution in [-0.2, 0) is 11.2 Å². The van der Waals surface area contributed by atoms with Crippen LogP contribution in [0.3, 0.4) is 0 Å². The maximum absolute atomic E-state index is 5.84. The van der Waals surface area contributed by atoms with E-state index in [1.165, 1.54) is 5.56 Å². The average molecular weight is 379 g/mol. The van der Waals surface area contributed by atoms with E-state index in [9.17, 15) is 0 Å². The number of rotatable bonds is 5. The first-order chi connectivity index (χ1) is 13.8. The molecule has 0 amide bonds. The maximum Gasteiger partial charge on any atom is 0.231 e. The SMILES string of the molecule is COc1cc(-c2nccn2[C@@H]2COC[C@@H]2Cc2ccncc2)cc2c1OCO2. The molecule has 0 spiro atoms. The number of benzene rings is 1. The molecule has 28 heavy (non-hydrogen) atoms. The van der Waals surface area contributed by atoms with Gasteiger partial charge in [0.1, 0.15) is 5.82 Å². The summed E-state index contributed by atoms with van der Waals surface area (Å²) in [6.45, 7) is 1.60. The van der Waals surface area contributed by atoms with Gasteiger partial charge in [-0.1, -0.05) is 0 Å². The van der Waals surface area contributed by atoms with Crippen molar-refractivity contribution in [3.8, 4) is 28.6 Å². The minimum absolute atomic E-state index is 0.202. The first kappa shape index (κ1) is 17.1. The molecule has 0 bridgehead atoms. The zero-order chi connectivity index (χ0) is 18.9. The smallest absolute Gasteiger partial charge is 0.231 e. The molecule has 2 aliphatic heterocycles. The fraction of sp³-hybridized carbons (Fsp3) is 0.333. The quantitative estimate of drug-likeness (QED) is 0.679. The molecular weight excluding hydrogens is 358 g/mol. The van der Waals surface area contributed by atoms with E-state index < -0.39 is 0 Å². The number of fused-ring (bicyclic) bond motifs is 1. The molecule has 0 saturated carbocycles. The molecule has 0 radical (unpaired) electrons. The summed E-state index contributed by atoms with van der Waals surface area (Å²) in [6, 6.07) is 8.24. The van der Waals surface area contributed by atoms with E-state index in [1.54, 1.807) is 7.11 Å². The van der Waals surface area contributed by atoms with Gasteiger partial charge in [-0.2, -0.15) is 0 Å². The monoisotopic (exact) mass is 379 g/mol. The van der Waals surface area contributed by atoms with Gasteiger partial charge in [0.15, 0.2) is 11.5 Å². The van der Waals surface area contributed by atoms with Crippen molar-refractivity contribution < 1.29 is 18.9 Å². The lowest BCUT2D eigenvalue weighted by Crippen LogP contribution is -2.20. The number of imidazole rings is 1. The molecule has 0 N–H and O–H groups in total. The van der Waals surface area contributed by atoms with Crippen LogP contribution in [-0.4, -0.2) is 41.7 Å². The number of methoxy groups -OCH3 is 1. The van der Waals surface area contributed by atoms with Gasteiger partial charge >= 0.3 is 0 Å². The van der Waals surface area contributed by atoms with Gasteiger partial charge in [-0.3, -0.25) is 4.98 Å². The lowest BCUT2D eigenvalue weighted by atomic mass is 9.95. The Morgan fingerprint density at radius 1 is 1.14 bits per heavy atom. The number of hydrogen-bond donors (Lipinski definition) is 0. The van der Waals surface area contributed by atoms with Gasteiger partial charge in [-0.25, -0.2) is 4.98 Å². The molecule has 0 unspecified atom stereocenters. The van der Waals surface area contributed by atoms with Crippen molar-refractivity contribution in [2.24, 2.45) is 5.92 Å². The molecule has 7 nitrogen and oxygen atoms in total. The Balaban J connectivity index is 1.48. The van der Waals surface area contributed by atoms with Gasteiger partial charge in [-0.15, -0.1) is 0 Å². The first-order valence-electron chi connectivity index (χ1n) is 9.31. The van der Waals surface area contributed by atoms with E-state index in [1.807, 2.05) is 36.9 Å². The minimum atomic E-state index is 0.202. The van der Waals surface area contributed by atoms with Crippen molar-refractivity contribution in [3.05, 3.63) is 54.6 Å². The zero-order valence-corrected chi connectivity index (χ0v) is 15.6. The molecule has 144 valence electrons. The summed E-state index contributed by atoms with van der Waals surface area (Å²) >= 11 is 0. The Morgan fingerprint density at radius 2 is 2.04 bits per heavy atom. The van der Waals surface area contributed by atoms with Crippen LogP contribution in [0.1, 0.15) is 11.6 Å². The van der Waals surface area contributed by atoms with E-state index >= 15 is 0 Å². The summed E-state index contributed by atoms with van der Waals surface area (Å²) in [6.07, 6.45) is 8.46. The molecule has 1 fully saturated rings. The molecule has 4 heterocycles. The molecule has 2 atom stereocenters. The zero-order valence-electron chi connectivity index (χ0n) is 15.6. The van der Waals surface area contributed by atoms with E-state index in [0.717, 1.165) is 24.4 Å². The minimum Gasteiger partial charge on any atom is -0.493 e. The molecule has 2 aromatic heterocycles. The van der Waals surface area contributed by atoms with Crippen LogP contribution in [0.4, 0.5) is 0 Å². The van der Waals surface area contributed by atoms with Gasteiger partial charge in [0, 0.05) is 36.3 Å². The average Bonchev–Trinajstić information content (AvgIpc) is 3.47. The second-order valence-electron chi connectivity index (χ2n) is 6.99. The molecule has 0 aliphatic carbocycles. The van der Waals surface area contributed by atoms with Crippen LogP contribution >= 0.6 is 0 Å². The second-order valence-corrected chi connectivity index (χ2v) is 6.99. The van der Waals surface area contributed by atoms with Gasteiger partial charge in [0.2, 0.25) is 12.5 Å². The third-order valence-corrected chi connectivity index (χ3v) is 5.35. The van der Waals surface area contributed by atoms with Crippen molar-refractivity contribution >= 4 is 0 Å². The van der Waals surface area contributed by atoms with Gasteiger partial charge in [-0.05, 0) is 36.2 Å². The highest BCUT2D eigenvalue weighted by molar-refractivity contribution is 5.67. The summed E-state index contributed by atoms with van der Waals surface area (Å²) in [5.41, 5.74) is 2.20. The van der Waals surface area contributed by atoms with Crippen molar-refractivity contribution in [1.82, 2.24) is 14.5 Å². The van der Waals surface area contributed by atoms with Crippen LogP contribution in [0, 0.1) is 5.92 Å². The fourth-order valence-electron chi connectivity index (χ4n) is 3.97. The van der Waals surface area contributed by atoms with Crippen LogP contribution in [0.25, 0.3) is 11.4 Å². The maximum atomic E-state index is 5.84. The van der Waals surface area contributed by atoms with Gasteiger partial charge in [0.05, 0.1) is 26.4 Å². The topological polar surface area (TPSA) is 67.6 Å². The Kier molecular flexibility index (Phi) is 4.37. The van der Waals surface area contributed by atoms with Gasteiger partial charge in [0.25, 0.3) is 0 Å². The summed E-state index contributed by atoms with van der Waals surface area (Å²) in [7, 11) is 1.63. The summed E-state index contributed by atoms with van der Waals surface area (Å²) in [4.78, 5) is 8.73. The molecular formula is C21H21N3O4. The lowest BCUT2D eigenvalue weighted by molar-refractivity contribution is 0.171. The van der Waals surface area contributed by atoms with Gasteiger partial charge < -0.3 is 23.5 Å². The van der Waals surface area contributed by atoms with Crippen molar-refractivity contribution in [2.75, 3.05) is 27.1 Å². The van der Waals surface area contributed by atoms with Crippen molar-refractivity contribution in [1.29, 1.82) is 0 Å². The van der Waals surface area contributed by atoms with Crippen LogP contribution in [0.2, 0.25) is 0 Å². The lowest BCUT2D eigenvalue weighted by Gasteiger charge is -2.21. The van der Waals surface area contributed by atoms with E-state index in [0.29, 0.717) is 29.8 Å². The highest BCUT2D eigenvalue weighted by Crippen LogP contribution is 2.44. The number of ether oxygens (including phenoxy) is 4. The fourth-order valence-corrected chi connectivity index (χ4v) is 3.97. The Morgan fingerprint density at radius 3 is 2.89 bits per heavy atom. The molecule has 2 aliphatic rings. The Labute approximate surface area is 162 Å². The van der Waals surface area contributed by atoms with E-state index in [2.05, 4.69) is 26.7 Å². The molecule has 1 saturated heterocycles. The highest BCUT2D eigenvalue weighted by atomic mass is 16.7. The predicted octanol–water partition coefficient (Wildman–Crippen LogP) is 3.11. The first-order valence-corrected chi connectivity index (χ1v) is 9.31. The Hall–Kier alpha value is -3.06. The summed E-state index contributed by atoms with van der Waals surface area (Å²) in [5, 5.41) is 0. The summed E-state index contributed by atoms with van der Waals surface area (Å²) in [5.74, 6) is 3.21. The largest absolute Gasteiger partial charge is 0.493 e. The normalized spacial score (nSPS) is 20.5. The standard InChI is InChI=1S/C21H21N3O4/c1-25-18-9-15(10-19-20(18)28-13-27-19)21-23-6-7-24(21)17-12-26-11-16(17)8-14-2-4-22-5-3-14/h2-7,9-10,16-17H,8,11-13H2,1H3/t16-,17+/m0/s1. The van der Waals surface area contributed by atoms with Crippen LogP contribution in [0.5, 0.6) is 17.2 Å². The number of nitrogens with zero attached hydrogens (tertiary/aromatic N) is 3. The van der Waals surface area contributed by atoms with Crippen molar-refractivity contribution in [3.63, 3.8) is 0 Å². The van der Waals surface area contributed by atoms with E-state index in [4.69, 9.17) is 18.9 Å². The van der Waals surface area contributed by atoms with E-state index in [-0.39, 0.29) is 12.8 Å². The summed E-state index contributed by atoms with van der Waals surface area (Å²) < 4.78 is 24.6. The molecule has 1 aromatic carbocycles. The third-order valence-electron chi connectivity index (χ3n) is 5.35. The molecule has 3 aromatic rings. The highest BCUT2D eigenvalue weighted by Gasteiger charge is 2.32. The third kappa shape index (κ3) is 2.97. The number of hydrogen-bond acceptors (Lipinski definition) is 6. The Bertz CT molecular complexity index is 973. The number of aromatic nitrogens is 3. The van der Waals surface area contributed by atoms with Crippen LogP contribution in [0.15, 0.2) is 49.1 Å². The van der Waals surface area contributed by atoms with Crippen molar-refractivity contribution in [2.45, 2.75) is 12.5 Å². The molecule has 5 rings (SSSR count). The molecule has 7 heteroatoms. The predicted molar refractivity (Wildman–Crippen MR) is 102 cm³/mol. The second kappa shape index (κ2) is 7.16. The van der Waals surface area contributed by atoms with Crippen LogP contribution < -0.4 is 14.2 Å². The number of pyridine rings is 1.